The molecule has 21 heavy (non-hydrogen) atoms. The van der Waals surface area contributed by atoms with Crippen LogP contribution in [0, 0.1) is 5.41 Å². The summed E-state index contributed by atoms with van der Waals surface area (Å²) in [5, 5.41) is 11.6. The topological polar surface area (TPSA) is 54.2 Å². The largest absolute Gasteiger partial charge is 0.338 e. The first-order valence-corrected chi connectivity index (χ1v) is 8.06. The molecule has 7 heteroatoms. The SMILES string of the molecule is Cl.c1cc(-c2noc(CN3CCC4(CCNC4)C3)n2)cs1. The Balaban J connectivity index is 0.00000132. The molecule has 1 spiro atoms. The average molecular weight is 327 g/mol. The van der Waals surface area contributed by atoms with Crippen LogP contribution >= 0.6 is 23.7 Å². The highest BCUT2D eigenvalue weighted by molar-refractivity contribution is 7.08. The molecule has 0 bridgehead atoms. The van der Waals surface area contributed by atoms with E-state index in [0.29, 0.717) is 11.2 Å². The second kappa shape index (κ2) is 6.04. The van der Waals surface area contributed by atoms with Gasteiger partial charge in [0.05, 0.1) is 6.54 Å². The Morgan fingerprint density at radius 2 is 2.38 bits per heavy atom. The van der Waals surface area contributed by atoms with Gasteiger partial charge in [-0.15, -0.1) is 12.4 Å². The van der Waals surface area contributed by atoms with E-state index in [9.17, 15) is 0 Å². The summed E-state index contributed by atoms with van der Waals surface area (Å²) in [6.45, 7) is 5.39. The van der Waals surface area contributed by atoms with Gasteiger partial charge in [0, 0.05) is 24.0 Å². The molecule has 0 amide bonds. The van der Waals surface area contributed by atoms with Crippen LogP contribution in [0.3, 0.4) is 0 Å². The summed E-state index contributed by atoms with van der Waals surface area (Å²) in [6, 6.07) is 2.02. The number of likely N-dealkylation sites (tertiary alicyclic amines) is 1. The maximum Gasteiger partial charge on any atom is 0.241 e. The fourth-order valence-electron chi connectivity index (χ4n) is 3.33. The zero-order chi connectivity index (χ0) is 13.4. The lowest BCUT2D eigenvalue weighted by molar-refractivity contribution is 0.236. The molecule has 1 N–H and O–H groups in total. The maximum atomic E-state index is 5.39. The molecule has 0 radical (unpaired) electrons. The van der Waals surface area contributed by atoms with Gasteiger partial charge in [0.25, 0.3) is 0 Å². The van der Waals surface area contributed by atoms with Crippen LogP contribution in [-0.4, -0.2) is 41.2 Å². The van der Waals surface area contributed by atoms with E-state index in [-0.39, 0.29) is 12.4 Å². The first-order chi connectivity index (χ1) is 9.83. The molecular weight excluding hydrogens is 308 g/mol. The molecule has 2 fully saturated rings. The highest BCUT2D eigenvalue weighted by atomic mass is 35.5. The van der Waals surface area contributed by atoms with Crippen LogP contribution in [0.15, 0.2) is 21.3 Å². The Labute approximate surface area is 134 Å². The quantitative estimate of drug-likeness (QED) is 0.938. The summed E-state index contributed by atoms with van der Waals surface area (Å²) in [4.78, 5) is 6.95. The van der Waals surface area contributed by atoms with Crippen molar-refractivity contribution in [3.63, 3.8) is 0 Å². The normalized spacial score (nSPS) is 25.5. The molecule has 1 atom stereocenters. The maximum absolute atomic E-state index is 5.39. The summed E-state index contributed by atoms with van der Waals surface area (Å²) in [5.74, 6) is 1.44. The third-order valence-corrected chi connectivity index (χ3v) is 5.14. The molecule has 2 aliphatic rings. The van der Waals surface area contributed by atoms with Crippen molar-refractivity contribution in [2.45, 2.75) is 19.4 Å². The molecule has 114 valence electrons. The van der Waals surface area contributed by atoms with Gasteiger partial charge in [-0.05, 0) is 42.8 Å². The van der Waals surface area contributed by atoms with Gasteiger partial charge in [-0.3, -0.25) is 4.90 Å². The van der Waals surface area contributed by atoms with Crippen molar-refractivity contribution in [3.8, 4) is 11.4 Å². The zero-order valence-electron chi connectivity index (χ0n) is 11.7. The highest BCUT2D eigenvalue weighted by Crippen LogP contribution is 2.36. The summed E-state index contributed by atoms with van der Waals surface area (Å²) in [6.07, 6.45) is 2.58. The summed E-state index contributed by atoms with van der Waals surface area (Å²) >= 11 is 1.65. The molecule has 4 heterocycles. The van der Waals surface area contributed by atoms with Gasteiger partial charge in [0.1, 0.15) is 0 Å². The second-order valence-corrected chi connectivity index (χ2v) is 6.69. The van der Waals surface area contributed by atoms with Gasteiger partial charge < -0.3 is 9.84 Å². The zero-order valence-corrected chi connectivity index (χ0v) is 13.4. The Bertz CT molecular complexity index is 580. The molecule has 2 aliphatic heterocycles. The van der Waals surface area contributed by atoms with Crippen LogP contribution in [0.2, 0.25) is 0 Å². The predicted octanol–water partition coefficient (Wildman–Crippen LogP) is 2.41. The van der Waals surface area contributed by atoms with E-state index in [2.05, 4.69) is 20.4 Å². The second-order valence-electron chi connectivity index (χ2n) is 5.91. The predicted molar refractivity (Wildman–Crippen MR) is 84.7 cm³/mol. The van der Waals surface area contributed by atoms with Gasteiger partial charge in [-0.1, -0.05) is 5.16 Å². The first-order valence-electron chi connectivity index (χ1n) is 7.11. The smallest absolute Gasteiger partial charge is 0.241 e. The number of aromatic nitrogens is 2. The van der Waals surface area contributed by atoms with Crippen molar-refractivity contribution in [2.75, 3.05) is 26.2 Å². The highest BCUT2D eigenvalue weighted by Gasteiger charge is 2.40. The van der Waals surface area contributed by atoms with Gasteiger partial charge >= 0.3 is 0 Å². The fraction of sp³-hybridized carbons (Fsp3) is 0.571. The van der Waals surface area contributed by atoms with Crippen LogP contribution in [-0.2, 0) is 6.54 Å². The molecule has 0 aromatic carbocycles. The van der Waals surface area contributed by atoms with Gasteiger partial charge in [-0.25, -0.2) is 0 Å². The van der Waals surface area contributed by atoms with Gasteiger partial charge in [-0.2, -0.15) is 16.3 Å². The lowest BCUT2D eigenvalue weighted by Crippen LogP contribution is -2.29. The molecule has 5 nitrogen and oxygen atoms in total. The molecule has 0 saturated carbocycles. The Morgan fingerprint density at radius 3 is 3.14 bits per heavy atom. The van der Waals surface area contributed by atoms with Crippen LogP contribution in [0.5, 0.6) is 0 Å². The Kier molecular flexibility index (Phi) is 4.31. The van der Waals surface area contributed by atoms with Crippen molar-refractivity contribution in [3.05, 3.63) is 22.7 Å². The lowest BCUT2D eigenvalue weighted by Gasteiger charge is -2.21. The van der Waals surface area contributed by atoms with E-state index < -0.39 is 0 Å². The lowest BCUT2D eigenvalue weighted by atomic mass is 9.87. The number of hydrogen-bond donors (Lipinski definition) is 1. The number of thiophene rings is 1. The van der Waals surface area contributed by atoms with Crippen LogP contribution in [0.4, 0.5) is 0 Å². The number of nitrogens with zero attached hydrogens (tertiary/aromatic N) is 3. The van der Waals surface area contributed by atoms with E-state index in [1.165, 1.54) is 12.8 Å². The number of hydrogen-bond acceptors (Lipinski definition) is 6. The van der Waals surface area contributed by atoms with Crippen LogP contribution in [0.25, 0.3) is 11.4 Å². The minimum Gasteiger partial charge on any atom is -0.338 e. The van der Waals surface area contributed by atoms with Gasteiger partial charge in [0.2, 0.25) is 11.7 Å². The van der Waals surface area contributed by atoms with Crippen molar-refractivity contribution >= 4 is 23.7 Å². The molecule has 1 unspecified atom stereocenters. The molecular formula is C14H19ClN4OS. The van der Waals surface area contributed by atoms with Crippen LogP contribution < -0.4 is 5.32 Å². The number of rotatable bonds is 3. The van der Waals surface area contributed by atoms with Crippen molar-refractivity contribution in [1.82, 2.24) is 20.4 Å². The summed E-state index contributed by atoms with van der Waals surface area (Å²) < 4.78 is 5.39. The minimum atomic E-state index is 0. The van der Waals surface area contributed by atoms with Crippen molar-refractivity contribution < 1.29 is 4.52 Å². The Morgan fingerprint density at radius 1 is 1.43 bits per heavy atom. The standard InChI is InChI=1S/C14H18N4OS.ClH/c1-6-20-8-11(1)13-16-12(19-17-13)7-18-5-3-14(10-18)2-4-15-9-14;/h1,6,8,15H,2-5,7,9-10H2;1H. The van der Waals surface area contributed by atoms with Crippen LogP contribution in [0.1, 0.15) is 18.7 Å². The third-order valence-electron chi connectivity index (χ3n) is 4.46. The fourth-order valence-corrected chi connectivity index (χ4v) is 3.96. The number of halogens is 1. The minimum absolute atomic E-state index is 0. The Hall–Kier alpha value is -0.950. The molecule has 2 saturated heterocycles. The van der Waals surface area contributed by atoms with E-state index in [4.69, 9.17) is 4.52 Å². The summed E-state index contributed by atoms with van der Waals surface area (Å²) in [7, 11) is 0. The molecule has 2 aromatic heterocycles. The van der Waals surface area contributed by atoms with Gasteiger partial charge in [0.15, 0.2) is 0 Å². The molecule has 2 aromatic rings. The van der Waals surface area contributed by atoms with Crippen molar-refractivity contribution in [1.29, 1.82) is 0 Å². The van der Waals surface area contributed by atoms with E-state index in [1.807, 2.05) is 16.8 Å². The average Bonchev–Trinajstić information content (AvgIpc) is 3.21. The first kappa shape index (κ1) is 15.0. The monoisotopic (exact) mass is 326 g/mol. The van der Waals surface area contributed by atoms with Crippen molar-refractivity contribution in [2.24, 2.45) is 5.41 Å². The van der Waals surface area contributed by atoms with E-state index in [0.717, 1.165) is 44.2 Å². The number of nitrogens with one attached hydrogen (secondary N) is 1. The summed E-state index contributed by atoms with van der Waals surface area (Å²) in [5.41, 5.74) is 1.54. The molecule has 4 rings (SSSR count). The van der Waals surface area contributed by atoms with E-state index >= 15 is 0 Å². The third kappa shape index (κ3) is 2.99. The van der Waals surface area contributed by atoms with E-state index in [1.54, 1.807) is 11.3 Å². The molecule has 0 aliphatic carbocycles.